The van der Waals surface area contributed by atoms with Crippen LogP contribution in [-0.4, -0.2) is 38.1 Å². The zero-order valence-corrected chi connectivity index (χ0v) is 13.1. The number of benzene rings is 1. The molecule has 0 N–H and O–H groups in total. The van der Waals surface area contributed by atoms with Crippen LogP contribution in [-0.2, 0) is 14.6 Å². The van der Waals surface area contributed by atoms with E-state index in [-0.39, 0.29) is 30.8 Å². The molecule has 0 heterocycles. The topological polar surface area (TPSA) is 102 Å². The van der Waals surface area contributed by atoms with Gasteiger partial charge in [-0.3, -0.25) is 4.79 Å². The molecule has 22 heavy (non-hydrogen) atoms. The third-order valence-electron chi connectivity index (χ3n) is 3.03. The Morgan fingerprint density at radius 1 is 1.09 bits per heavy atom. The third-order valence-corrected chi connectivity index (χ3v) is 4.65. The minimum absolute atomic E-state index is 0.0898. The van der Waals surface area contributed by atoms with E-state index in [9.17, 15) is 13.2 Å². The highest BCUT2D eigenvalue weighted by Crippen LogP contribution is 2.13. The van der Waals surface area contributed by atoms with E-state index in [1.807, 2.05) is 19.1 Å². The lowest BCUT2D eigenvalue weighted by molar-refractivity contribution is -0.128. The van der Waals surface area contributed by atoms with Gasteiger partial charge in [-0.2, -0.15) is 10.5 Å². The van der Waals surface area contributed by atoms with Crippen LogP contribution in [0.2, 0.25) is 0 Å². The molecule has 0 aliphatic heterocycles. The number of rotatable bonds is 7. The summed E-state index contributed by atoms with van der Waals surface area (Å²) in [5, 5.41) is 17.2. The van der Waals surface area contributed by atoms with E-state index in [2.05, 4.69) is 0 Å². The Hall–Kier alpha value is -2.38. The SMILES string of the molecule is Cc1ccc(S(=O)(=O)CC(=O)N(CCC#N)CCC#N)cc1. The first kappa shape index (κ1) is 17.7. The van der Waals surface area contributed by atoms with Gasteiger partial charge in [-0.05, 0) is 19.1 Å². The lowest BCUT2D eigenvalue weighted by Gasteiger charge is -2.20. The monoisotopic (exact) mass is 319 g/mol. The second-order valence-corrected chi connectivity index (χ2v) is 6.76. The van der Waals surface area contributed by atoms with Gasteiger partial charge in [-0.15, -0.1) is 0 Å². The predicted octanol–water partition coefficient (Wildman–Crippen LogP) is 1.42. The molecular formula is C15H17N3O3S. The lowest BCUT2D eigenvalue weighted by atomic mass is 10.2. The molecule has 0 radical (unpaired) electrons. The van der Waals surface area contributed by atoms with E-state index in [1.54, 1.807) is 12.1 Å². The largest absolute Gasteiger partial charge is 0.340 e. The van der Waals surface area contributed by atoms with Crippen molar-refractivity contribution in [2.45, 2.75) is 24.7 Å². The van der Waals surface area contributed by atoms with Crippen LogP contribution in [0.1, 0.15) is 18.4 Å². The minimum atomic E-state index is -3.73. The maximum absolute atomic E-state index is 12.2. The molecule has 0 spiro atoms. The fourth-order valence-electron chi connectivity index (χ4n) is 1.81. The molecule has 0 bridgehead atoms. The molecule has 116 valence electrons. The van der Waals surface area contributed by atoms with Gasteiger partial charge in [0.05, 0.1) is 29.9 Å². The molecular weight excluding hydrogens is 302 g/mol. The van der Waals surface area contributed by atoms with E-state index in [0.717, 1.165) is 5.56 Å². The van der Waals surface area contributed by atoms with Gasteiger partial charge in [0.15, 0.2) is 9.84 Å². The molecule has 1 aromatic rings. The number of nitriles is 2. The molecule has 0 aliphatic rings. The number of carbonyl (C=O) groups excluding carboxylic acids is 1. The van der Waals surface area contributed by atoms with Gasteiger partial charge < -0.3 is 4.90 Å². The molecule has 0 atom stereocenters. The summed E-state index contributed by atoms with van der Waals surface area (Å²) < 4.78 is 24.5. The van der Waals surface area contributed by atoms with E-state index in [0.29, 0.717) is 0 Å². The Balaban J connectivity index is 2.84. The first-order chi connectivity index (χ1) is 10.4. The van der Waals surface area contributed by atoms with Crippen molar-refractivity contribution in [3.63, 3.8) is 0 Å². The van der Waals surface area contributed by atoms with Crippen LogP contribution in [0.5, 0.6) is 0 Å². The summed E-state index contributed by atoms with van der Waals surface area (Å²) in [6.07, 6.45) is 0.198. The first-order valence-corrected chi connectivity index (χ1v) is 8.37. The summed E-state index contributed by atoms with van der Waals surface area (Å²) in [7, 11) is -3.73. The zero-order chi connectivity index (χ0) is 16.6. The zero-order valence-electron chi connectivity index (χ0n) is 12.3. The summed E-state index contributed by atoms with van der Waals surface area (Å²) in [4.78, 5) is 13.5. The summed E-state index contributed by atoms with van der Waals surface area (Å²) in [6, 6.07) is 10.1. The summed E-state index contributed by atoms with van der Waals surface area (Å²) in [5.41, 5.74) is 0.926. The van der Waals surface area contributed by atoms with Gasteiger partial charge in [-0.25, -0.2) is 8.42 Å². The molecule has 0 saturated heterocycles. The molecule has 7 heteroatoms. The average molecular weight is 319 g/mol. The second kappa shape index (κ2) is 8.16. The maximum Gasteiger partial charge on any atom is 0.238 e. The smallest absolute Gasteiger partial charge is 0.238 e. The number of carbonyl (C=O) groups is 1. The van der Waals surface area contributed by atoms with Gasteiger partial charge in [-0.1, -0.05) is 17.7 Å². The van der Waals surface area contributed by atoms with Crippen LogP contribution in [0.25, 0.3) is 0 Å². The van der Waals surface area contributed by atoms with E-state index in [1.165, 1.54) is 17.0 Å². The quantitative estimate of drug-likeness (QED) is 0.756. The third kappa shape index (κ3) is 5.19. The van der Waals surface area contributed by atoms with Crippen molar-refractivity contribution in [2.75, 3.05) is 18.8 Å². The minimum Gasteiger partial charge on any atom is -0.340 e. The molecule has 0 unspecified atom stereocenters. The molecule has 0 saturated carbocycles. The van der Waals surface area contributed by atoms with Gasteiger partial charge in [0.1, 0.15) is 5.75 Å². The number of hydrogen-bond acceptors (Lipinski definition) is 5. The highest BCUT2D eigenvalue weighted by atomic mass is 32.2. The Kier molecular flexibility index (Phi) is 6.55. The van der Waals surface area contributed by atoms with Gasteiger partial charge >= 0.3 is 0 Å². The standard InChI is InChI=1S/C15H17N3O3S/c1-13-4-6-14(7-5-13)22(20,21)12-15(19)18(10-2-8-16)11-3-9-17/h4-7H,2-3,10-12H2,1H3. The number of nitrogens with zero attached hydrogens (tertiary/aromatic N) is 3. The molecule has 0 aliphatic carbocycles. The Bertz CT molecular complexity index is 679. The van der Waals surface area contributed by atoms with Crippen molar-refractivity contribution in [2.24, 2.45) is 0 Å². The average Bonchev–Trinajstić information content (AvgIpc) is 2.47. The second-order valence-electron chi connectivity index (χ2n) is 4.77. The molecule has 1 aromatic carbocycles. The number of amides is 1. The molecule has 1 rings (SSSR count). The molecule has 0 aromatic heterocycles. The van der Waals surface area contributed by atoms with E-state index >= 15 is 0 Å². The molecule has 0 fully saturated rings. The maximum atomic E-state index is 12.2. The van der Waals surface area contributed by atoms with Gasteiger partial charge in [0, 0.05) is 13.1 Å². The Morgan fingerprint density at radius 2 is 1.59 bits per heavy atom. The summed E-state index contributed by atoms with van der Waals surface area (Å²) in [5.74, 6) is -1.25. The Morgan fingerprint density at radius 3 is 2.05 bits per heavy atom. The molecule has 1 amide bonds. The predicted molar refractivity (Wildman–Crippen MR) is 80.3 cm³/mol. The Labute approximate surface area is 130 Å². The lowest BCUT2D eigenvalue weighted by Crippen LogP contribution is -2.37. The van der Waals surface area contributed by atoms with Crippen LogP contribution in [0.15, 0.2) is 29.2 Å². The summed E-state index contributed by atoms with van der Waals surface area (Å²) >= 11 is 0. The van der Waals surface area contributed by atoms with Crippen molar-refractivity contribution in [3.05, 3.63) is 29.8 Å². The fourth-order valence-corrected chi connectivity index (χ4v) is 3.04. The van der Waals surface area contributed by atoms with Crippen molar-refractivity contribution >= 4 is 15.7 Å². The van der Waals surface area contributed by atoms with Crippen LogP contribution in [0.4, 0.5) is 0 Å². The number of hydrogen-bond donors (Lipinski definition) is 0. The van der Waals surface area contributed by atoms with E-state index in [4.69, 9.17) is 10.5 Å². The molecule has 6 nitrogen and oxygen atoms in total. The number of sulfone groups is 1. The summed E-state index contributed by atoms with van der Waals surface area (Å²) in [6.45, 7) is 2.09. The van der Waals surface area contributed by atoms with Crippen LogP contribution >= 0.6 is 0 Å². The van der Waals surface area contributed by atoms with Crippen LogP contribution in [0, 0.1) is 29.6 Å². The highest BCUT2D eigenvalue weighted by Gasteiger charge is 2.23. The van der Waals surface area contributed by atoms with Gasteiger partial charge in [0.25, 0.3) is 0 Å². The van der Waals surface area contributed by atoms with Crippen molar-refractivity contribution in [1.82, 2.24) is 4.90 Å². The normalized spacial score (nSPS) is 10.5. The fraction of sp³-hybridized carbons (Fsp3) is 0.400. The van der Waals surface area contributed by atoms with Crippen molar-refractivity contribution < 1.29 is 13.2 Å². The number of aryl methyl sites for hydroxylation is 1. The highest BCUT2D eigenvalue weighted by molar-refractivity contribution is 7.92. The van der Waals surface area contributed by atoms with Crippen LogP contribution in [0.3, 0.4) is 0 Å². The van der Waals surface area contributed by atoms with Gasteiger partial charge in [0.2, 0.25) is 5.91 Å². The van der Waals surface area contributed by atoms with Crippen molar-refractivity contribution in [1.29, 1.82) is 10.5 Å². The van der Waals surface area contributed by atoms with Crippen LogP contribution < -0.4 is 0 Å². The first-order valence-electron chi connectivity index (χ1n) is 6.72. The van der Waals surface area contributed by atoms with Crippen molar-refractivity contribution in [3.8, 4) is 12.1 Å². The van der Waals surface area contributed by atoms with E-state index < -0.39 is 21.5 Å².